The third-order valence-corrected chi connectivity index (χ3v) is 8.31. The number of ketones is 1. The molecule has 1 aromatic heterocycles. The van der Waals surface area contributed by atoms with Crippen LogP contribution >= 0.6 is 11.6 Å². The second-order valence-corrected chi connectivity index (χ2v) is 11.1. The SMILES string of the molecule is O=C(O)Cc1ccc(CC(C(=O)Cc2ccc(Cl)cc2)C2CCC(c3ccnc4ccc(F)cc34)CC2)cc1. The Bertz CT molecular complexity index is 1460. The molecule has 6 heteroatoms. The third-order valence-electron chi connectivity index (χ3n) is 8.06. The van der Waals surface area contributed by atoms with Crippen LogP contribution in [0.5, 0.6) is 0 Å². The van der Waals surface area contributed by atoms with Crippen molar-refractivity contribution in [3.8, 4) is 0 Å². The Hall–Kier alpha value is -3.57. The van der Waals surface area contributed by atoms with Gasteiger partial charge in [0.1, 0.15) is 11.6 Å². The molecule has 39 heavy (non-hydrogen) atoms. The molecule has 0 amide bonds. The van der Waals surface area contributed by atoms with Crippen molar-refractivity contribution in [2.24, 2.45) is 11.8 Å². The topological polar surface area (TPSA) is 67.3 Å². The van der Waals surface area contributed by atoms with Crippen molar-refractivity contribution in [2.45, 2.75) is 50.9 Å². The normalized spacial score (nSPS) is 18.1. The van der Waals surface area contributed by atoms with E-state index < -0.39 is 5.97 Å². The smallest absolute Gasteiger partial charge is 0.307 e. The highest BCUT2D eigenvalue weighted by atomic mass is 35.5. The van der Waals surface area contributed by atoms with E-state index in [0.29, 0.717) is 23.8 Å². The van der Waals surface area contributed by atoms with Gasteiger partial charge in [-0.1, -0.05) is 48.0 Å². The highest BCUT2D eigenvalue weighted by Crippen LogP contribution is 2.42. The van der Waals surface area contributed by atoms with Gasteiger partial charge in [0.2, 0.25) is 0 Å². The molecule has 1 aliphatic rings. The van der Waals surface area contributed by atoms with Gasteiger partial charge in [-0.25, -0.2) is 4.39 Å². The maximum absolute atomic E-state index is 14.0. The van der Waals surface area contributed by atoms with E-state index in [1.807, 2.05) is 54.6 Å². The molecule has 0 bridgehead atoms. The van der Waals surface area contributed by atoms with Gasteiger partial charge in [-0.05, 0) is 103 Å². The summed E-state index contributed by atoms with van der Waals surface area (Å²) in [4.78, 5) is 29.2. The zero-order chi connectivity index (χ0) is 27.4. The lowest BCUT2D eigenvalue weighted by atomic mass is 9.70. The lowest BCUT2D eigenvalue weighted by Gasteiger charge is -2.34. The quantitative estimate of drug-likeness (QED) is 0.236. The minimum Gasteiger partial charge on any atom is -0.481 e. The molecular weight excluding hydrogens is 513 g/mol. The van der Waals surface area contributed by atoms with Gasteiger partial charge in [0.05, 0.1) is 11.9 Å². The van der Waals surface area contributed by atoms with Crippen molar-refractivity contribution in [1.82, 2.24) is 4.98 Å². The monoisotopic (exact) mass is 543 g/mol. The molecule has 1 saturated carbocycles. The maximum atomic E-state index is 14.0. The van der Waals surface area contributed by atoms with E-state index in [-0.39, 0.29) is 29.9 Å². The lowest BCUT2D eigenvalue weighted by molar-refractivity contribution is -0.136. The Morgan fingerprint density at radius 1 is 0.872 bits per heavy atom. The number of rotatable bonds is 9. The molecule has 1 fully saturated rings. The minimum absolute atomic E-state index is 0.0171. The fraction of sp³-hybridized carbons (Fsp3) is 0.303. The van der Waals surface area contributed by atoms with Gasteiger partial charge in [0.15, 0.2) is 0 Å². The standard InChI is InChI=1S/C33H31ClFNO3/c34-26-11-5-22(6-12-26)18-32(37)29(17-21-1-3-23(4-2-21)19-33(38)39)25-9-7-24(8-10-25)28-15-16-36-31-14-13-27(35)20-30(28)31/h1-6,11-16,20,24-25,29H,7-10,17-19H2,(H,38,39). The summed E-state index contributed by atoms with van der Waals surface area (Å²) in [7, 11) is 0. The first-order chi connectivity index (χ1) is 18.9. The first-order valence-electron chi connectivity index (χ1n) is 13.5. The summed E-state index contributed by atoms with van der Waals surface area (Å²) in [6, 6.07) is 21.8. The van der Waals surface area contributed by atoms with E-state index in [4.69, 9.17) is 16.7 Å². The van der Waals surface area contributed by atoms with Crippen molar-refractivity contribution < 1.29 is 19.1 Å². The molecule has 3 aromatic carbocycles. The number of benzene rings is 3. The zero-order valence-electron chi connectivity index (χ0n) is 21.7. The van der Waals surface area contributed by atoms with E-state index in [1.165, 1.54) is 6.07 Å². The van der Waals surface area contributed by atoms with E-state index in [2.05, 4.69) is 4.98 Å². The Kier molecular flexibility index (Phi) is 8.37. The van der Waals surface area contributed by atoms with Gasteiger partial charge >= 0.3 is 5.97 Å². The second-order valence-electron chi connectivity index (χ2n) is 10.6. The molecule has 0 radical (unpaired) electrons. The average molecular weight is 544 g/mol. The lowest BCUT2D eigenvalue weighted by Crippen LogP contribution is -2.30. The molecule has 200 valence electrons. The van der Waals surface area contributed by atoms with Crippen LogP contribution in [-0.4, -0.2) is 21.8 Å². The average Bonchev–Trinajstić information content (AvgIpc) is 2.93. The number of carboxylic acids is 1. The first-order valence-corrected chi connectivity index (χ1v) is 13.8. The van der Waals surface area contributed by atoms with Gasteiger partial charge in [0, 0.05) is 28.9 Å². The summed E-state index contributed by atoms with van der Waals surface area (Å²) < 4.78 is 14.0. The van der Waals surface area contributed by atoms with Crippen LogP contribution < -0.4 is 0 Å². The molecule has 4 aromatic rings. The van der Waals surface area contributed by atoms with Crippen molar-refractivity contribution in [3.63, 3.8) is 0 Å². The molecule has 1 heterocycles. The van der Waals surface area contributed by atoms with Crippen molar-refractivity contribution >= 4 is 34.3 Å². The minimum atomic E-state index is -0.861. The summed E-state index contributed by atoms with van der Waals surface area (Å²) in [5.74, 6) is -0.501. The summed E-state index contributed by atoms with van der Waals surface area (Å²) in [5, 5.41) is 10.6. The number of hydrogen-bond donors (Lipinski definition) is 1. The number of Topliss-reactive ketones (excluding diaryl/α,β-unsaturated/α-hetero) is 1. The fourth-order valence-electron chi connectivity index (χ4n) is 6.03. The predicted molar refractivity (Wildman–Crippen MR) is 152 cm³/mol. The molecular formula is C33H31ClFNO3. The molecule has 1 N–H and O–H groups in total. The van der Waals surface area contributed by atoms with E-state index in [9.17, 15) is 14.0 Å². The van der Waals surface area contributed by atoms with Crippen molar-refractivity contribution in [3.05, 3.63) is 112 Å². The zero-order valence-corrected chi connectivity index (χ0v) is 22.4. The number of fused-ring (bicyclic) bond motifs is 1. The van der Waals surface area contributed by atoms with E-state index in [1.54, 1.807) is 18.3 Å². The Morgan fingerprint density at radius 2 is 1.51 bits per heavy atom. The molecule has 1 aliphatic carbocycles. The molecule has 1 unspecified atom stereocenters. The van der Waals surface area contributed by atoms with Crippen LogP contribution in [0, 0.1) is 17.7 Å². The summed E-state index contributed by atoms with van der Waals surface area (Å²) >= 11 is 6.05. The number of aliphatic carboxylic acids is 1. The number of carboxylic acid groups (broad SMARTS) is 1. The molecule has 1 atom stereocenters. The second kappa shape index (κ2) is 12.1. The summed E-state index contributed by atoms with van der Waals surface area (Å²) in [6.45, 7) is 0. The van der Waals surface area contributed by atoms with Crippen LogP contribution in [-0.2, 0) is 28.9 Å². The number of carbonyl (C=O) groups excluding carboxylic acids is 1. The highest BCUT2D eigenvalue weighted by Gasteiger charge is 2.33. The number of nitrogens with zero attached hydrogens (tertiary/aromatic N) is 1. The van der Waals surface area contributed by atoms with E-state index >= 15 is 0 Å². The first kappa shape index (κ1) is 27.0. The van der Waals surface area contributed by atoms with Crippen LogP contribution in [0.3, 0.4) is 0 Å². The van der Waals surface area contributed by atoms with Crippen LogP contribution in [0.15, 0.2) is 79.0 Å². The predicted octanol–water partition coefficient (Wildman–Crippen LogP) is 7.60. The summed E-state index contributed by atoms with van der Waals surface area (Å²) in [5.41, 5.74) is 4.67. The fourth-order valence-corrected chi connectivity index (χ4v) is 6.15. The van der Waals surface area contributed by atoms with Crippen molar-refractivity contribution in [1.29, 1.82) is 0 Å². The van der Waals surface area contributed by atoms with Crippen molar-refractivity contribution in [2.75, 3.05) is 0 Å². The van der Waals surface area contributed by atoms with Gasteiger partial charge in [-0.15, -0.1) is 0 Å². The number of aromatic nitrogens is 1. The van der Waals surface area contributed by atoms with Gasteiger partial charge in [-0.3, -0.25) is 14.6 Å². The van der Waals surface area contributed by atoms with Crippen LogP contribution in [0.4, 0.5) is 4.39 Å². The maximum Gasteiger partial charge on any atom is 0.307 e. The van der Waals surface area contributed by atoms with Crippen LogP contribution in [0.1, 0.15) is 53.9 Å². The number of pyridine rings is 1. The Morgan fingerprint density at radius 3 is 2.21 bits per heavy atom. The van der Waals surface area contributed by atoms with Gasteiger partial charge in [-0.2, -0.15) is 0 Å². The molecule has 4 nitrogen and oxygen atoms in total. The third kappa shape index (κ3) is 6.72. The molecule has 0 aliphatic heterocycles. The molecule has 5 rings (SSSR count). The molecule has 0 spiro atoms. The largest absolute Gasteiger partial charge is 0.481 e. The summed E-state index contributed by atoms with van der Waals surface area (Å²) in [6.07, 6.45) is 6.46. The van der Waals surface area contributed by atoms with Gasteiger partial charge < -0.3 is 5.11 Å². The molecule has 0 saturated heterocycles. The number of hydrogen-bond acceptors (Lipinski definition) is 3. The van der Waals surface area contributed by atoms with Crippen LogP contribution in [0.2, 0.25) is 5.02 Å². The van der Waals surface area contributed by atoms with Gasteiger partial charge in [0.25, 0.3) is 0 Å². The number of carbonyl (C=O) groups is 2. The Balaban J connectivity index is 1.34. The Labute approximate surface area is 232 Å². The van der Waals surface area contributed by atoms with E-state index in [0.717, 1.165) is 58.8 Å². The van der Waals surface area contributed by atoms with Crippen LogP contribution in [0.25, 0.3) is 10.9 Å². The number of halogens is 2. The highest BCUT2D eigenvalue weighted by molar-refractivity contribution is 6.30.